The van der Waals surface area contributed by atoms with Crippen molar-refractivity contribution in [2.45, 2.75) is 26.7 Å². The highest BCUT2D eigenvalue weighted by Gasteiger charge is 2.14. The van der Waals surface area contributed by atoms with Gasteiger partial charge in [-0.2, -0.15) is 10.2 Å². The summed E-state index contributed by atoms with van der Waals surface area (Å²) in [6.07, 6.45) is 0. The third-order valence-electron chi connectivity index (χ3n) is 2.05. The summed E-state index contributed by atoms with van der Waals surface area (Å²) < 4.78 is 5.10. The molecule has 4 heteroatoms. The highest BCUT2D eigenvalue weighted by molar-refractivity contribution is 5.33. The molecule has 1 rings (SSSR count). The van der Waals surface area contributed by atoms with Crippen LogP contribution in [0.4, 0.5) is 0 Å². The lowest BCUT2D eigenvalue weighted by molar-refractivity contribution is 0.390. The highest BCUT2D eigenvalue weighted by atomic mass is 16.5. The maximum atomic E-state index is 8.82. The molecule has 1 unspecified atom stereocenters. The molecule has 0 aliphatic carbocycles. The predicted molar refractivity (Wildman–Crippen MR) is 52.1 cm³/mol. The second-order valence-corrected chi connectivity index (χ2v) is 3.14. The van der Waals surface area contributed by atoms with Crippen LogP contribution in [-0.4, -0.2) is 17.1 Å². The van der Waals surface area contributed by atoms with Crippen LogP contribution in [0.15, 0.2) is 0 Å². The lowest BCUT2D eigenvalue weighted by atomic mass is 10.1. The van der Waals surface area contributed by atoms with E-state index in [2.05, 4.69) is 16.0 Å². The minimum Gasteiger partial charge on any atom is -0.481 e. The minimum atomic E-state index is -0.231. The number of methoxy groups -OCH3 is 1. The van der Waals surface area contributed by atoms with Gasteiger partial charge < -0.3 is 4.74 Å². The molecule has 1 heterocycles. The zero-order valence-corrected chi connectivity index (χ0v) is 8.83. The van der Waals surface area contributed by atoms with Crippen LogP contribution in [0.2, 0.25) is 0 Å². The smallest absolute Gasteiger partial charge is 0.219 e. The van der Waals surface area contributed by atoms with Crippen LogP contribution >= 0.6 is 0 Å². The van der Waals surface area contributed by atoms with Crippen LogP contribution in [0.3, 0.4) is 0 Å². The highest BCUT2D eigenvalue weighted by Crippen LogP contribution is 2.23. The van der Waals surface area contributed by atoms with E-state index in [1.54, 1.807) is 14.0 Å². The summed E-state index contributed by atoms with van der Waals surface area (Å²) in [6.45, 7) is 5.46. The Bertz CT molecular complexity index is 382. The van der Waals surface area contributed by atoms with Gasteiger partial charge in [-0.25, -0.2) is 4.98 Å². The fourth-order valence-electron chi connectivity index (χ4n) is 1.31. The number of rotatable bonds is 2. The molecule has 0 saturated heterocycles. The van der Waals surface area contributed by atoms with E-state index in [4.69, 9.17) is 10.00 Å². The third kappa shape index (κ3) is 1.82. The number of hydrogen-bond donors (Lipinski definition) is 0. The van der Waals surface area contributed by atoms with Crippen molar-refractivity contribution in [1.29, 1.82) is 5.26 Å². The van der Waals surface area contributed by atoms with Gasteiger partial charge in [0.25, 0.3) is 0 Å². The molecule has 1 aromatic rings. The van der Waals surface area contributed by atoms with Crippen molar-refractivity contribution < 1.29 is 4.74 Å². The number of ether oxygens (including phenoxy) is 1. The molecule has 0 N–H and O–H groups in total. The molecule has 0 bridgehead atoms. The number of nitrogens with zero attached hydrogens (tertiary/aromatic N) is 3. The summed E-state index contributed by atoms with van der Waals surface area (Å²) in [5.41, 5.74) is 1.59. The van der Waals surface area contributed by atoms with Gasteiger partial charge in [-0.15, -0.1) is 0 Å². The average molecular weight is 191 g/mol. The Labute approximate surface area is 83.6 Å². The summed E-state index contributed by atoms with van der Waals surface area (Å²) in [5.74, 6) is 0.949. The van der Waals surface area contributed by atoms with Gasteiger partial charge in [0.15, 0.2) is 0 Å². The molecular weight excluding hydrogens is 178 g/mol. The Morgan fingerprint density at radius 2 is 2.00 bits per heavy atom. The molecule has 0 fully saturated rings. The van der Waals surface area contributed by atoms with Crippen LogP contribution < -0.4 is 4.74 Å². The standard InChI is InChI=1S/C10H13N3O/c1-6(5-11)9-7(2)10(14-4)13-8(3)12-9/h6H,1-4H3. The predicted octanol–water partition coefficient (Wildman–Crippen LogP) is 1.73. The molecule has 14 heavy (non-hydrogen) atoms. The van der Waals surface area contributed by atoms with E-state index >= 15 is 0 Å². The van der Waals surface area contributed by atoms with Crippen molar-refractivity contribution in [3.63, 3.8) is 0 Å². The molecule has 74 valence electrons. The van der Waals surface area contributed by atoms with Crippen molar-refractivity contribution >= 4 is 0 Å². The van der Waals surface area contributed by atoms with Crippen molar-refractivity contribution in [2.75, 3.05) is 7.11 Å². The molecule has 0 saturated carbocycles. The van der Waals surface area contributed by atoms with E-state index in [-0.39, 0.29) is 5.92 Å². The maximum Gasteiger partial charge on any atom is 0.219 e. The molecular formula is C10H13N3O. The molecule has 1 aromatic heterocycles. The monoisotopic (exact) mass is 191 g/mol. The second-order valence-electron chi connectivity index (χ2n) is 3.14. The second kappa shape index (κ2) is 4.05. The van der Waals surface area contributed by atoms with Gasteiger partial charge in [0.1, 0.15) is 5.82 Å². The summed E-state index contributed by atoms with van der Waals surface area (Å²) in [7, 11) is 1.57. The lowest BCUT2D eigenvalue weighted by Gasteiger charge is -2.10. The van der Waals surface area contributed by atoms with Gasteiger partial charge in [-0.05, 0) is 20.8 Å². The van der Waals surface area contributed by atoms with Crippen molar-refractivity contribution in [3.05, 3.63) is 17.1 Å². The summed E-state index contributed by atoms with van der Waals surface area (Å²) in [6, 6.07) is 2.15. The lowest BCUT2D eigenvalue weighted by Crippen LogP contribution is -2.05. The molecule has 0 aliphatic heterocycles. The first-order valence-corrected chi connectivity index (χ1v) is 4.39. The van der Waals surface area contributed by atoms with E-state index in [0.29, 0.717) is 11.7 Å². The Morgan fingerprint density at radius 3 is 2.50 bits per heavy atom. The Hall–Kier alpha value is -1.63. The summed E-state index contributed by atoms with van der Waals surface area (Å²) in [4.78, 5) is 8.36. The minimum absolute atomic E-state index is 0.231. The quantitative estimate of drug-likeness (QED) is 0.714. The third-order valence-corrected chi connectivity index (χ3v) is 2.05. The van der Waals surface area contributed by atoms with Crippen LogP contribution in [0, 0.1) is 25.2 Å². The summed E-state index contributed by atoms with van der Waals surface area (Å²) in [5, 5.41) is 8.82. The zero-order chi connectivity index (χ0) is 10.7. The van der Waals surface area contributed by atoms with Crippen molar-refractivity contribution in [3.8, 4) is 11.9 Å². The average Bonchev–Trinajstić information content (AvgIpc) is 2.19. The van der Waals surface area contributed by atoms with E-state index in [9.17, 15) is 0 Å². The van der Waals surface area contributed by atoms with Crippen LogP contribution in [-0.2, 0) is 0 Å². The van der Waals surface area contributed by atoms with Gasteiger partial charge in [0.2, 0.25) is 5.88 Å². The number of hydrogen-bond acceptors (Lipinski definition) is 4. The van der Waals surface area contributed by atoms with Crippen LogP contribution in [0.5, 0.6) is 5.88 Å². The number of aromatic nitrogens is 2. The molecule has 4 nitrogen and oxygen atoms in total. The van der Waals surface area contributed by atoms with Gasteiger partial charge >= 0.3 is 0 Å². The van der Waals surface area contributed by atoms with E-state index in [1.165, 1.54) is 0 Å². The van der Waals surface area contributed by atoms with E-state index < -0.39 is 0 Å². The van der Waals surface area contributed by atoms with E-state index in [0.717, 1.165) is 11.3 Å². The molecule has 0 aromatic carbocycles. The van der Waals surface area contributed by atoms with Gasteiger partial charge in [0.05, 0.1) is 24.8 Å². The molecule has 0 spiro atoms. The normalized spacial score (nSPS) is 11.9. The van der Waals surface area contributed by atoms with Crippen LogP contribution in [0.1, 0.15) is 29.9 Å². The van der Waals surface area contributed by atoms with Crippen LogP contribution in [0.25, 0.3) is 0 Å². The first-order valence-electron chi connectivity index (χ1n) is 4.39. The fraction of sp³-hybridized carbons (Fsp3) is 0.500. The largest absolute Gasteiger partial charge is 0.481 e. The molecule has 0 amide bonds. The summed E-state index contributed by atoms with van der Waals surface area (Å²) >= 11 is 0. The zero-order valence-electron chi connectivity index (χ0n) is 8.83. The van der Waals surface area contributed by atoms with Gasteiger partial charge in [0, 0.05) is 5.56 Å². The molecule has 1 atom stereocenters. The number of aryl methyl sites for hydroxylation is 1. The first-order chi connectivity index (χ1) is 6.60. The molecule has 0 aliphatic rings. The topological polar surface area (TPSA) is 58.8 Å². The van der Waals surface area contributed by atoms with E-state index in [1.807, 2.05) is 13.8 Å². The van der Waals surface area contributed by atoms with Crippen molar-refractivity contribution in [1.82, 2.24) is 9.97 Å². The number of nitriles is 1. The Morgan fingerprint density at radius 1 is 1.36 bits per heavy atom. The Kier molecular flexibility index (Phi) is 3.03. The van der Waals surface area contributed by atoms with Gasteiger partial charge in [-0.3, -0.25) is 0 Å². The maximum absolute atomic E-state index is 8.82. The van der Waals surface area contributed by atoms with Gasteiger partial charge in [-0.1, -0.05) is 0 Å². The fourth-order valence-corrected chi connectivity index (χ4v) is 1.31. The SMILES string of the molecule is COc1nc(C)nc(C(C)C#N)c1C. The first kappa shape index (κ1) is 10.5. The molecule has 0 radical (unpaired) electrons. The Balaban J connectivity index is 3.30. The van der Waals surface area contributed by atoms with Crippen molar-refractivity contribution in [2.24, 2.45) is 0 Å².